The van der Waals surface area contributed by atoms with Crippen LogP contribution < -0.4 is 11.0 Å². The number of halogens is 1. The summed E-state index contributed by atoms with van der Waals surface area (Å²) in [6.45, 7) is 0. The lowest BCUT2D eigenvalue weighted by Gasteiger charge is -2.01. The van der Waals surface area contributed by atoms with Crippen molar-refractivity contribution in [2.75, 3.05) is 5.43 Å². The maximum atomic E-state index is 11.1. The summed E-state index contributed by atoms with van der Waals surface area (Å²) in [5.74, 6) is 0.109. The topological polar surface area (TPSA) is 90.4 Å². The van der Waals surface area contributed by atoms with E-state index in [1.807, 2.05) is 0 Å². The van der Waals surface area contributed by atoms with Crippen LogP contribution in [0.3, 0.4) is 0 Å². The molecule has 1 heterocycles. The Bertz CT molecular complexity index is 639. The van der Waals surface area contributed by atoms with Gasteiger partial charge in [-0.15, -0.1) is 0 Å². The van der Waals surface area contributed by atoms with Crippen LogP contribution in [0.25, 0.3) is 0 Å². The van der Waals surface area contributed by atoms with Gasteiger partial charge >= 0.3 is 0 Å². The molecular formula is C11H9ClN4O2. The number of H-pyrrole nitrogens is 1. The minimum absolute atomic E-state index is 0.0283. The van der Waals surface area contributed by atoms with Crippen molar-refractivity contribution >= 4 is 23.5 Å². The highest BCUT2D eigenvalue weighted by Gasteiger charge is 2.03. The second kappa shape index (κ2) is 5.33. The third kappa shape index (κ3) is 2.67. The van der Waals surface area contributed by atoms with Crippen LogP contribution in [0.2, 0.25) is 5.02 Å². The van der Waals surface area contributed by atoms with Gasteiger partial charge in [-0.25, -0.2) is 5.10 Å². The molecule has 0 bridgehead atoms. The minimum Gasteiger partial charge on any atom is -0.507 e. The lowest BCUT2D eigenvalue weighted by atomic mass is 10.2. The molecule has 0 unspecified atom stereocenters. The van der Waals surface area contributed by atoms with Crippen LogP contribution in [0.15, 0.2) is 40.4 Å². The molecule has 0 atom stereocenters. The zero-order valence-corrected chi connectivity index (χ0v) is 9.85. The first-order valence-electron chi connectivity index (χ1n) is 4.99. The minimum atomic E-state index is -0.501. The highest BCUT2D eigenvalue weighted by molar-refractivity contribution is 6.32. The van der Waals surface area contributed by atoms with Gasteiger partial charge in [0.1, 0.15) is 16.5 Å². The van der Waals surface area contributed by atoms with E-state index in [-0.39, 0.29) is 16.5 Å². The smallest absolute Gasteiger partial charge is 0.285 e. The van der Waals surface area contributed by atoms with Crippen molar-refractivity contribution in [3.63, 3.8) is 0 Å². The van der Waals surface area contributed by atoms with E-state index < -0.39 is 5.56 Å². The third-order valence-corrected chi connectivity index (χ3v) is 2.50. The molecule has 6 nitrogen and oxygen atoms in total. The van der Waals surface area contributed by atoms with E-state index in [9.17, 15) is 9.90 Å². The summed E-state index contributed by atoms with van der Waals surface area (Å²) in [5.41, 5.74) is 2.90. The van der Waals surface area contributed by atoms with Crippen LogP contribution in [0.5, 0.6) is 5.75 Å². The zero-order valence-electron chi connectivity index (χ0n) is 9.09. The number of para-hydroxylation sites is 1. The molecular weight excluding hydrogens is 256 g/mol. The molecule has 2 aromatic rings. The molecule has 92 valence electrons. The number of aromatic amines is 1. The molecule has 0 saturated carbocycles. The molecule has 0 spiro atoms. The summed E-state index contributed by atoms with van der Waals surface area (Å²) in [5, 5.41) is 19.1. The number of hydrogen-bond donors (Lipinski definition) is 3. The number of nitrogens with one attached hydrogen (secondary N) is 2. The van der Waals surface area contributed by atoms with E-state index in [1.54, 1.807) is 24.3 Å². The fraction of sp³-hybridized carbons (Fsp3) is 0. The van der Waals surface area contributed by atoms with E-state index in [1.165, 1.54) is 12.4 Å². The first kappa shape index (κ1) is 12.1. The Balaban J connectivity index is 2.15. The number of phenolic OH excluding ortho intramolecular Hbond substituents is 1. The number of hydrazone groups is 1. The Morgan fingerprint density at radius 3 is 3.00 bits per heavy atom. The normalized spacial score (nSPS) is 10.7. The SMILES string of the molecule is O=c1[nH]ncc(NN=Cc2ccccc2O)c1Cl. The van der Waals surface area contributed by atoms with Crippen molar-refractivity contribution in [2.45, 2.75) is 0 Å². The summed E-state index contributed by atoms with van der Waals surface area (Å²) in [7, 11) is 0. The number of hydrogen-bond acceptors (Lipinski definition) is 5. The highest BCUT2D eigenvalue weighted by atomic mass is 35.5. The van der Waals surface area contributed by atoms with Gasteiger partial charge in [0.2, 0.25) is 0 Å². The summed E-state index contributed by atoms with van der Waals surface area (Å²) in [6, 6.07) is 6.71. The Hall–Kier alpha value is -2.34. The molecule has 0 fully saturated rings. The fourth-order valence-corrected chi connectivity index (χ4v) is 1.36. The molecule has 3 N–H and O–H groups in total. The van der Waals surface area contributed by atoms with Gasteiger partial charge in [0.15, 0.2) is 0 Å². The van der Waals surface area contributed by atoms with Gasteiger partial charge in [0.25, 0.3) is 5.56 Å². The molecule has 7 heteroatoms. The van der Waals surface area contributed by atoms with E-state index in [0.29, 0.717) is 5.56 Å². The number of nitrogens with zero attached hydrogens (tertiary/aromatic N) is 2. The zero-order chi connectivity index (χ0) is 13.0. The molecule has 18 heavy (non-hydrogen) atoms. The Morgan fingerprint density at radius 2 is 2.22 bits per heavy atom. The summed E-state index contributed by atoms with van der Waals surface area (Å²) in [6.07, 6.45) is 2.75. The monoisotopic (exact) mass is 264 g/mol. The van der Waals surface area contributed by atoms with Crippen molar-refractivity contribution < 1.29 is 5.11 Å². The van der Waals surface area contributed by atoms with Gasteiger partial charge in [0.05, 0.1) is 12.4 Å². The Labute approximate surface area is 107 Å². The molecule has 0 amide bonds. The lowest BCUT2D eigenvalue weighted by Crippen LogP contribution is -2.10. The van der Waals surface area contributed by atoms with Crippen molar-refractivity contribution in [2.24, 2.45) is 5.10 Å². The lowest BCUT2D eigenvalue weighted by molar-refractivity contribution is 0.474. The van der Waals surface area contributed by atoms with E-state index in [4.69, 9.17) is 11.6 Å². The number of aromatic nitrogens is 2. The van der Waals surface area contributed by atoms with Crippen LogP contribution in [0.4, 0.5) is 5.69 Å². The standard InChI is InChI=1S/C11H9ClN4O2/c12-10-8(6-14-16-11(10)18)15-13-5-7-3-1-2-4-9(7)17/h1-6,17H,(H2,15,16,18). The molecule has 1 aromatic heterocycles. The van der Waals surface area contributed by atoms with Crippen LogP contribution in [-0.2, 0) is 0 Å². The van der Waals surface area contributed by atoms with Gasteiger partial charge in [-0.2, -0.15) is 10.2 Å². The van der Waals surface area contributed by atoms with Gasteiger partial charge in [-0.1, -0.05) is 23.7 Å². The van der Waals surface area contributed by atoms with E-state index in [0.717, 1.165) is 0 Å². The Kier molecular flexibility index (Phi) is 3.59. The largest absolute Gasteiger partial charge is 0.507 e. The van der Waals surface area contributed by atoms with Gasteiger partial charge in [-0.3, -0.25) is 10.2 Å². The molecule has 1 aromatic carbocycles. The van der Waals surface area contributed by atoms with Crippen molar-refractivity contribution in [3.05, 3.63) is 51.4 Å². The van der Waals surface area contributed by atoms with Crippen molar-refractivity contribution in [1.82, 2.24) is 10.2 Å². The average molecular weight is 265 g/mol. The predicted molar refractivity (Wildman–Crippen MR) is 69.2 cm³/mol. The maximum Gasteiger partial charge on any atom is 0.285 e. The van der Waals surface area contributed by atoms with Crippen molar-refractivity contribution in [1.29, 1.82) is 0 Å². The van der Waals surface area contributed by atoms with Gasteiger partial charge in [-0.05, 0) is 12.1 Å². The molecule has 2 rings (SSSR count). The summed E-state index contributed by atoms with van der Waals surface area (Å²) >= 11 is 5.74. The first-order valence-corrected chi connectivity index (χ1v) is 5.36. The molecule has 0 aliphatic rings. The molecule has 0 saturated heterocycles. The number of rotatable bonds is 3. The summed E-state index contributed by atoms with van der Waals surface area (Å²) in [4.78, 5) is 11.1. The van der Waals surface area contributed by atoms with E-state index in [2.05, 4.69) is 20.7 Å². The quantitative estimate of drug-likeness (QED) is 0.580. The van der Waals surface area contributed by atoms with Crippen LogP contribution in [0, 0.1) is 0 Å². The van der Waals surface area contributed by atoms with Crippen molar-refractivity contribution in [3.8, 4) is 5.75 Å². The second-order valence-corrected chi connectivity index (χ2v) is 3.73. The molecule has 0 aliphatic carbocycles. The predicted octanol–water partition coefficient (Wildman–Crippen LogP) is 1.57. The third-order valence-electron chi connectivity index (χ3n) is 2.12. The number of anilines is 1. The maximum absolute atomic E-state index is 11.1. The second-order valence-electron chi connectivity index (χ2n) is 3.36. The first-order chi connectivity index (χ1) is 8.68. The number of benzene rings is 1. The van der Waals surface area contributed by atoms with Crippen LogP contribution in [-0.4, -0.2) is 21.5 Å². The number of aromatic hydroxyl groups is 1. The fourth-order valence-electron chi connectivity index (χ4n) is 1.23. The molecule has 0 radical (unpaired) electrons. The van der Waals surface area contributed by atoms with Crippen LogP contribution >= 0.6 is 11.6 Å². The van der Waals surface area contributed by atoms with Crippen LogP contribution in [0.1, 0.15) is 5.56 Å². The molecule has 0 aliphatic heterocycles. The van der Waals surface area contributed by atoms with Gasteiger partial charge < -0.3 is 5.11 Å². The van der Waals surface area contributed by atoms with E-state index >= 15 is 0 Å². The highest BCUT2D eigenvalue weighted by Crippen LogP contribution is 2.15. The Morgan fingerprint density at radius 1 is 1.44 bits per heavy atom. The number of phenols is 1. The van der Waals surface area contributed by atoms with Gasteiger partial charge in [0, 0.05) is 5.56 Å². The average Bonchev–Trinajstić information content (AvgIpc) is 2.37. The summed E-state index contributed by atoms with van der Waals surface area (Å²) < 4.78 is 0.